The topological polar surface area (TPSA) is 76.0 Å². The number of carboxylic acid groups (broad SMARTS) is 1. The Hall–Kier alpha value is -1.04. The zero-order chi connectivity index (χ0) is 7.56. The van der Waals surface area contributed by atoms with Crippen LogP contribution in [0.3, 0.4) is 0 Å². The zero-order valence-corrected chi connectivity index (χ0v) is 6.24. The van der Waals surface area contributed by atoms with E-state index in [1.807, 2.05) is 0 Å². The van der Waals surface area contributed by atoms with E-state index in [4.69, 9.17) is 5.11 Å². The Labute approximate surface area is 64.2 Å². The van der Waals surface area contributed by atoms with Gasteiger partial charge in [0.1, 0.15) is 0 Å². The maximum atomic E-state index is 10.2. The first-order chi connectivity index (χ1) is 4.70. The van der Waals surface area contributed by atoms with E-state index in [1.165, 1.54) is 0 Å². The van der Waals surface area contributed by atoms with E-state index in [0.717, 1.165) is 6.20 Å². The van der Waals surface area contributed by atoms with Crippen molar-refractivity contribution in [2.75, 3.05) is 0 Å². The molecule has 6 heteroatoms. The van der Waals surface area contributed by atoms with Crippen LogP contribution in [-0.2, 0) is 0 Å². The van der Waals surface area contributed by atoms with Crippen LogP contribution in [0.4, 0.5) is 0 Å². The lowest BCUT2D eigenvalue weighted by Gasteiger charge is -1.88. The minimum Gasteiger partial charge on any atom is -0.476 e. The Morgan fingerprint density at radius 3 is 2.70 bits per heavy atom. The van der Waals surface area contributed by atoms with E-state index in [-0.39, 0.29) is 10.4 Å². The molecule has 52 valence electrons. The molecule has 0 amide bonds. The zero-order valence-electron chi connectivity index (χ0n) is 4.65. The fraction of sp³-hybridized carbons (Fsp3) is 0. The van der Waals surface area contributed by atoms with Gasteiger partial charge in [-0.05, 0) is 15.9 Å². The molecule has 1 aromatic rings. The molecule has 1 rings (SSSR count). The van der Waals surface area contributed by atoms with Gasteiger partial charge in [-0.15, -0.1) is 10.2 Å². The summed E-state index contributed by atoms with van der Waals surface area (Å²) in [6, 6.07) is 0. The first-order valence-electron chi connectivity index (χ1n) is 2.28. The second-order valence-corrected chi connectivity index (χ2v) is 2.13. The molecule has 0 aromatic carbocycles. The number of hydrogen-bond acceptors (Lipinski definition) is 4. The van der Waals surface area contributed by atoms with Crippen molar-refractivity contribution in [3.63, 3.8) is 0 Å². The van der Waals surface area contributed by atoms with Crippen molar-refractivity contribution in [3.05, 3.63) is 16.6 Å². The lowest BCUT2D eigenvalue weighted by atomic mass is 10.5. The molecule has 0 saturated heterocycles. The Morgan fingerprint density at radius 1 is 1.60 bits per heavy atom. The molecule has 1 N–H and O–H groups in total. The standard InChI is InChI=1S/C4H2BrN3O2/c5-4-6-1-2(3(9)10)7-8-4/h1H,(H,9,10). The molecular formula is C4H2BrN3O2. The fourth-order valence-electron chi connectivity index (χ4n) is 0.359. The summed E-state index contributed by atoms with van der Waals surface area (Å²) in [5.41, 5.74) is -0.164. The molecule has 0 bridgehead atoms. The van der Waals surface area contributed by atoms with Crippen molar-refractivity contribution in [1.29, 1.82) is 0 Å². The molecule has 5 nitrogen and oxygen atoms in total. The number of hydrogen-bond donors (Lipinski definition) is 1. The van der Waals surface area contributed by atoms with Gasteiger partial charge in [0.05, 0.1) is 6.20 Å². The maximum absolute atomic E-state index is 10.2. The van der Waals surface area contributed by atoms with Crippen LogP contribution in [-0.4, -0.2) is 26.3 Å². The van der Waals surface area contributed by atoms with E-state index in [9.17, 15) is 4.79 Å². The number of carbonyl (C=O) groups is 1. The van der Waals surface area contributed by atoms with Crippen molar-refractivity contribution in [3.8, 4) is 0 Å². The Kier molecular flexibility index (Phi) is 1.91. The second kappa shape index (κ2) is 2.70. The van der Waals surface area contributed by atoms with Crippen LogP contribution in [0, 0.1) is 0 Å². The molecule has 0 fully saturated rings. The molecule has 0 radical (unpaired) electrons. The number of aromatic nitrogens is 3. The smallest absolute Gasteiger partial charge is 0.358 e. The summed E-state index contributed by atoms with van der Waals surface area (Å²) in [5, 5.41) is 15.0. The lowest BCUT2D eigenvalue weighted by Crippen LogP contribution is -2.02. The molecule has 0 spiro atoms. The van der Waals surface area contributed by atoms with Crippen molar-refractivity contribution >= 4 is 21.9 Å². The summed E-state index contributed by atoms with van der Waals surface area (Å²) in [5.74, 6) is -1.13. The maximum Gasteiger partial charge on any atom is 0.358 e. The molecular weight excluding hydrogens is 202 g/mol. The first kappa shape index (κ1) is 7.07. The number of nitrogens with zero attached hydrogens (tertiary/aromatic N) is 3. The highest BCUT2D eigenvalue weighted by Gasteiger charge is 2.03. The Balaban J connectivity index is 3.00. The molecule has 0 aliphatic heterocycles. The van der Waals surface area contributed by atoms with Gasteiger partial charge < -0.3 is 5.11 Å². The number of carboxylic acids is 1. The summed E-state index contributed by atoms with van der Waals surface area (Å²) >= 11 is 2.92. The molecule has 0 aliphatic rings. The normalized spacial score (nSPS) is 9.30. The van der Waals surface area contributed by atoms with Crippen LogP contribution < -0.4 is 0 Å². The van der Waals surface area contributed by atoms with Gasteiger partial charge in [0, 0.05) is 0 Å². The molecule has 0 aliphatic carbocycles. The summed E-state index contributed by atoms with van der Waals surface area (Å²) in [7, 11) is 0. The third-order valence-electron chi connectivity index (χ3n) is 0.753. The summed E-state index contributed by atoms with van der Waals surface area (Å²) in [4.78, 5) is 13.7. The Bertz CT molecular complexity index is 247. The van der Waals surface area contributed by atoms with Gasteiger partial charge in [0.15, 0.2) is 5.69 Å². The number of aromatic carboxylic acids is 1. The van der Waals surface area contributed by atoms with Gasteiger partial charge >= 0.3 is 5.97 Å². The highest BCUT2D eigenvalue weighted by molar-refractivity contribution is 9.10. The van der Waals surface area contributed by atoms with E-state index >= 15 is 0 Å². The van der Waals surface area contributed by atoms with Gasteiger partial charge in [0.2, 0.25) is 4.73 Å². The van der Waals surface area contributed by atoms with Gasteiger partial charge in [0.25, 0.3) is 0 Å². The predicted molar refractivity (Wildman–Crippen MR) is 34.5 cm³/mol. The van der Waals surface area contributed by atoms with Crippen LogP contribution in [0.25, 0.3) is 0 Å². The van der Waals surface area contributed by atoms with Gasteiger partial charge in [-0.2, -0.15) is 0 Å². The van der Waals surface area contributed by atoms with Crippen LogP contribution in [0.2, 0.25) is 0 Å². The van der Waals surface area contributed by atoms with E-state index in [2.05, 4.69) is 31.1 Å². The molecule has 1 heterocycles. The molecule has 10 heavy (non-hydrogen) atoms. The van der Waals surface area contributed by atoms with Crippen LogP contribution in [0.15, 0.2) is 10.9 Å². The molecule has 0 unspecified atom stereocenters. The van der Waals surface area contributed by atoms with Crippen LogP contribution in [0.5, 0.6) is 0 Å². The molecule has 0 atom stereocenters. The van der Waals surface area contributed by atoms with Gasteiger partial charge in [-0.25, -0.2) is 9.78 Å². The van der Waals surface area contributed by atoms with Crippen molar-refractivity contribution < 1.29 is 9.90 Å². The summed E-state index contributed by atoms with van der Waals surface area (Å²) in [6.07, 6.45) is 1.12. The minimum absolute atomic E-state index is 0.164. The average molecular weight is 204 g/mol. The van der Waals surface area contributed by atoms with Gasteiger partial charge in [-0.3, -0.25) is 0 Å². The second-order valence-electron chi connectivity index (χ2n) is 1.42. The fourth-order valence-corrected chi connectivity index (χ4v) is 0.541. The highest BCUT2D eigenvalue weighted by Crippen LogP contribution is 1.97. The minimum atomic E-state index is -1.13. The SMILES string of the molecule is O=C(O)c1cnc(Br)nn1. The van der Waals surface area contributed by atoms with E-state index < -0.39 is 5.97 Å². The largest absolute Gasteiger partial charge is 0.476 e. The monoisotopic (exact) mass is 203 g/mol. The van der Waals surface area contributed by atoms with Crippen molar-refractivity contribution in [2.24, 2.45) is 0 Å². The highest BCUT2D eigenvalue weighted by atomic mass is 79.9. The molecule has 1 aromatic heterocycles. The summed E-state index contributed by atoms with van der Waals surface area (Å²) < 4.78 is 0.275. The van der Waals surface area contributed by atoms with E-state index in [0.29, 0.717) is 0 Å². The third kappa shape index (κ3) is 1.47. The van der Waals surface area contributed by atoms with Crippen LogP contribution >= 0.6 is 15.9 Å². The van der Waals surface area contributed by atoms with E-state index in [1.54, 1.807) is 0 Å². The first-order valence-corrected chi connectivity index (χ1v) is 3.08. The predicted octanol–water partition coefficient (Wildman–Crippen LogP) is 0.332. The lowest BCUT2D eigenvalue weighted by molar-refractivity contribution is 0.0688. The van der Waals surface area contributed by atoms with Crippen molar-refractivity contribution in [2.45, 2.75) is 0 Å². The quantitative estimate of drug-likeness (QED) is 0.713. The Morgan fingerprint density at radius 2 is 2.30 bits per heavy atom. The van der Waals surface area contributed by atoms with Gasteiger partial charge in [-0.1, -0.05) is 0 Å². The average Bonchev–Trinajstić information content (AvgIpc) is 1.88. The number of rotatable bonds is 1. The molecule has 0 saturated carbocycles. The third-order valence-corrected chi connectivity index (χ3v) is 1.12. The summed E-state index contributed by atoms with van der Waals surface area (Å²) in [6.45, 7) is 0. The van der Waals surface area contributed by atoms with Crippen molar-refractivity contribution in [1.82, 2.24) is 15.2 Å². The number of halogens is 1. The van der Waals surface area contributed by atoms with Crippen LogP contribution in [0.1, 0.15) is 10.5 Å².